The Morgan fingerprint density at radius 1 is 1.13 bits per heavy atom. The lowest BCUT2D eigenvalue weighted by atomic mass is 10.1. The number of aryl methyl sites for hydroxylation is 2. The van der Waals surface area contributed by atoms with Crippen LogP contribution in [0.15, 0.2) is 41.3 Å². The summed E-state index contributed by atoms with van der Waals surface area (Å²) in [5.74, 6) is -0.301. The first kappa shape index (κ1) is 23.3. The summed E-state index contributed by atoms with van der Waals surface area (Å²) >= 11 is 12.1. The maximum atomic E-state index is 12.7. The second-order valence-electron chi connectivity index (χ2n) is 7.11. The number of nitrogens with one attached hydrogen (secondary N) is 1. The van der Waals surface area contributed by atoms with E-state index in [2.05, 4.69) is 10.4 Å². The van der Waals surface area contributed by atoms with Crippen LogP contribution in [0, 0.1) is 13.8 Å². The van der Waals surface area contributed by atoms with Gasteiger partial charge < -0.3 is 5.32 Å². The number of nitrogens with two attached hydrogens (primary N) is 1. The van der Waals surface area contributed by atoms with Crippen molar-refractivity contribution in [3.8, 4) is 5.69 Å². The van der Waals surface area contributed by atoms with Gasteiger partial charge in [-0.25, -0.2) is 18.2 Å². The first-order chi connectivity index (χ1) is 14.5. The zero-order valence-corrected chi connectivity index (χ0v) is 19.6. The van der Waals surface area contributed by atoms with E-state index in [-0.39, 0.29) is 17.2 Å². The van der Waals surface area contributed by atoms with E-state index >= 15 is 0 Å². The van der Waals surface area contributed by atoms with Gasteiger partial charge in [-0.05, 0) is 56.2 Å². The molecule has 7 nitrogen and oxygen atoms in total. The maximum absolute atomic E-state index is 12.7. The van der Waals surface area contributed by atoms with Crippen LogP contribution in [0.1, 0.15) is 29.4 Å². The molecule has 0 saturated carbocycles. The highest BCUT2D eigenvalue weighted by molar-refractivity contribution is 7.89. The molecule has 3 aromatic rings. The zero-order valence-electron chi connectivity index (χ0n) is 17.2. The molecule has 1 amide bonds. The van der Waals surface area contributed by atoms with E-state index in [0.717, 1.165) is 16.9 Å². The highest BCUT2D eigenvalue weighted by atomic mass is 35.5. The predicted octanol–water partition coefficient (Wildman–Crippen LogP) is 4.19. The van der Waals surface area contributed by atoms with Gasteiger partial charge in [-0.2, -0.15) is 5.10 Å². The van der Waals surface area contributed by atoms with Gasteiger partial charge in [-0.3, -0.25) is 4.79 Å². The molecule has 10 heteroatoms. The summed E-state index contributed by atoms with van der Waals surface area (Å²) in [5, 5.41) is 13.4. The number of halogens is 2. The molecule has 0 saturated heterocycles. The van der Waals surface area contributed by atoms with E-state index in [4.69, 9.17) is 28.3 Å². The van der Waals surface area contributed by atoms with Gasteiger partial charge in [0.1, 0.15) is 0 Å². The Morgan fingerprint density at radius 3 is 2.45 bits per heavy atom. The third-order valence-corrected chi connectivity index (χ3v) is 6.70. The van der Waals surface area contributed by atoms with E-state index in [0.29, 0.717) is 33.4 Å². The van der Waals surface area contributed by atoms with E-state index in [1.165, 1.54) is 6.07 Å². The third-order valence-electron chi connectivity index (χ3n) is 4.96. The fourth-order valence-electron chi connectivity index (χ4n) is 3.35. The molecule has 0 unspecified atom stereocenters. The van der Waals surface area contributed by atoms with Crippen molar-refractivity contribution in [2.24, 2.45) is 5.14 Å². The highest BCUT2D eigenvalue weighted by Crippen LogP contribution is 2.27. The number of nitrogens with zero attached hydrogens (tertiary/aromatic N) is 2. The largest absolute Gasteiger partial charge is 0.326 e. The average Bonchev–Trinajstić information content (AvgIpc) is 2.97. The van der Waals surface area contributed by atoms with Crippen molar-refractivity contribution in [3.05, 3.63) is 69.0 Å². The van der Waals surface area contributed by atoms with E-state index < -0.39 is 10.0 Å². The fraction of sp³-hybridized carbons (Fsp3) is 0.238. The normalized spacial score (nSPS) is 11.5. The Balaban J connectivity index is 1.85. The van der Waals surface area contributed by atoms with Crippen molar-refractivity contribution in [3.63, 3.8) is 0 Å². The number of carbonyl (C=O) groups excluding carboxylic acids is 1. The molecule has 0 aliphatic rings. The monoisotopic (exact) mass is 480 g/mol. The summed E-state index contributed by atoms with van der Waals surface area (Å²) in [7, 11) is -3.89. The number of hydrogen-bond acceptors (Lipinski definition) is 4. The topological polar surface area (TPSA) is 107 Å². The van der Waals surface area contributed by atoms with Crippen LogP contribution in [0.5, 0.6) is 0 Å². The van der Waals surface area contributed by atoms with Gasteiger partial charge in [-0.15, -0.1) is 0 Å². The molecule has 164 valence electrons. The van der Waals surface area contributed by atoms with Crippen LogP contribution < -0.4 is 10.5 Å². The molecule has 0 aliphatic heterocycles. The minimum Gasteiger partial charge on any atom is -0.326 e. The minimum absolute atomic E-state index is 0.00703. The van der Waals surface area contributed by atoms with Gasteiger partial charge in [0, 0.05) is 16.9 Å². The Morgan fingerprint density at radius 2 is 1.84 bits per heavy atom. The second-order valence-corrected chi connectivity index (χ2v) is 9.45. The molecule has 0 bridgehead atoms. The van der Waals surface area contributed by atoms with Crippen LogP contribution in [0.3, 0.4) is 0 Å². The van der Waals surface area contributed by atoms with Gasteiger partial charge in [-0.1, -0.05) is 36.2 Å². The van der Waals surface area contributed by atoms with Gasteiger partial charge in [0.25, 0.3) is 0 Å². The maximum Gasteiger partial charge on any atom is 0.238 e. The highest BCUT2D eigenvalue weighted by Gasteiger charge is 2.18. The number of benzene rings is 2. The van der Waals surface area contributed by atoms with Gasteiger partial charge in [0.05, 0.1) is 32.7 Å². The molecule has 1 aromatic heterocycles. The third kappa shape index (κ3) is 5.10. The molecule has 0 spiro atoms. The standard InChI is InChI=1S/C21H22Cl2N4O3S/c1-4-14-5-6-15(9-20(14)31(24,29)30)25-21(28)11-17-12(2)26-27(13(17)3)16-7-8-18(22)19(23)10-16/h5-10H,4,11H2,1-3H3,(H,25,28)(H2,24,29,30). The van der Waals surface area contributed by atoms with E-state index in [1.807, 2.05) is 20.8 Å². The van der Waals surface area contributed by atoms with Crippen molar-refractivity contribution in [1.82, 2.24) is 9.78 Å². The molecule has 0 fully saturated rings. The van der Waals surface area contributed by atoms with Crippen molar-refractivity contribution in [1.29, 1.82) is 0 Å². The van der Waals surface area contributed by atoms with Crippen LogP contribution in [-0.2, 0) is 27.7 Å². The van der Waals surface area contributed by atoms with E-state index in [1.54, 1.807) is 35.0 Å². The average molecular weight is 481 g/mol. The molecule has 0 atom stereocenters. The quantitative estimate of drug-likeness (QED) is 0.551. The second kappa shape index (κ2) is 9.00. The summed E-state index contributed by atoms with van der Waals surface area (Å²) in [4.78, 5) is 12.7. The van der Waals surface area contributed by atoms with Crippen molar-refractivity contribution < 1.29 is 13.2 Å². The number of anilines is 1. The molecule has 3 rings (SSSR count). The summed E-state index contributed by atoms with van der Waals surface area (Å²) in [6.07, 6.45) is 0.575. The summed E-state index contributed by atoms with van der Waals surface area (Å²) in [6.45, 7) is 5.51. The lowest BCUT2D eigenvalue weighted by Gasteiger charge is -2.11. The summed E-state index contributed by atoms with van der Waals surface area (Å²) < 4.78 is 25.4. The number of rotatable bonds is 6. The van der Waals surface area contributed by atoms with Crippen LogP contribution in [-0.4, -0.2) is 24.1 Å². The SMILES string of the molecule is CCc1ccc(NC(=O)Cc2c(C)nn(-c3ccc(Cl)c(Cl)c3)c2C)cc1S(N)(=O)=O. The number of sulfonamides is 1. The zero-order chi connectivity index (χ0) is 22.9. The van der Waals surface area contributed by atoms with Crippen molar-refractivity contribution >= 4 is 44.8 Å². The molecular weight excluding hydrogens is 459 g/mol. The molecular formula is C21H22Cl2N4O3S. The minimum atomic E-state index is -3.89. The molecule has 31 heavy (non-hydrogen) atoms. The Bertz CT molecular complexity index is 1270. The molecule has 3 N–H and O–H groups in total. The fourth-order valence-corrected chi connectivity index (χ4v) is 4.52. The number of aromatic nitrogens is 2. The smallest absolute Gasteiger partial charge is 0.238 e. The Kier molecular flexibility index (Phi) is 6.76. The van der Waals surface area contributed by atoms with Crippen LogP contribution in [0.2, 0.25) is 10.0 Å². The Hall–Kier alpha value is -2.39. The van der Waals surface area contributed by atoms with Gasteiger partial charge in [0.15, 0.2) is 0 Å². The summed E-state index contributed by atoms with van der Waals surface area (Å²) in [5.41, 5.74) is 3.94. The van der Waals surface area contributed by atoms with Gasteiger partial charge >= 0.3 is 0 Å². The Labute approximate surface area is 191 Å². The number of hydrogen-bond donors (Lipinski definition) is 2. The number of carbonyl (C=O) groups is 1. The first-order valence-electron chi connectivity index (χ1n) is 9.47. The predicted molar refractivity (Wildman–Crippen MR) is 123 cm³/mol. The molecule has 1 heterocycles. The van der Waals surface area contributed by atoms with Crippen LogP contribution in [0.4, 0.5) is 5.69 Å². The number of primary sulfonamides is 1. The molecule has 0 radical (unpaired) electrons. The summed E-state index contributed by atoms with van der Waals surface area (Å²) in [6, 6.07) is 9.87. The van der Waals surface area contributed by atoms with Crippen LogP contribution in [0.25, 0.3) is 5.69 Å². The molecule has 0 aliphatic carbocycles. The molecule has 2 aromatic carbocycles. The number of amides is 1. The van der Waals surface area contributed by atoms with Crippen molar-refractivity contribution in [2.75, 3.05) is 5.32 Å². The van der Waals surface area contributed by atoms with Gasteiger partial charge in [0.2, 0.25) is 15.9 Å². The first-order valence-corrected chi connectivity index (χ1v) is 11.8. The van der Waals surface area contributed by atoms with Crippen molar-refractivity contribution in [2.45, 2.75) is 38.5 Å². The lowest BCUT2D eigenvalue weighted by Crippen LogP contribution is -2.18. The van der Waals surface area contributed by atoms with Crippen LogP contribution >= 0.6 is 23.2 Å². The van der Waals surface area contributed by atoms with E-state index in [9.17, 15) is 13.2 Å². The lowest BCUT2D eigenvalue weighted by molar-refractivity contribution is -0.115.